The van der Waals surface area contributed by atoms with Crippen molar-refractivity contribution in [2.75, 3.05) is 0 Å². The summed E-state index contributed by atoms with van der Waals surface area (Å²) in [5.74, 6) is -0.449. The Hall–Kier alpha value is -1.09. The predicted molar refractivity (Wildman–Crippen MR) is 54.4 cm³/mol. The van der Waals surface area contributed by atoms with E-state index in [1.807, 2.05) is 0 Å². The minimum atomic E-state index is -0.518. The van der Waals surface area contributed by atoms with Crippen molar-refractivity contribution in [2.45, 2.75) is 26.4 Å². The Morgan fingerprint density at radius 1 is 1.50 bits per heavy atom. The first-order valence-corrected chi connectivity index (χ1v) is 4.62. The average molecular weight is 214 g/mol. The van der Waals surface area contributed by atoms with E-state index in [2.05, 4.69) is 4.98 Å². The van der Waals surface area contributed by atoms with Crippen molar-refractivity contribution in [3.8, 4) is 0 Å². The Morgan fingerprint density at radius 3 is 2.64 bits per heavy atom. The highest BCUT2D eigenvalue weighted by molar-refractivity contribution is 6.32. The van der Waals surface area contributed by atoms with Crippen molar-refractivity contribution in [1.29, 1.82) is 0 Å². The molecule has 0 atom stereocenters. The number of esters is 1. The zero-order valence-corrected chi connectivity index (χ0v) is 9.13. The molecular formula is C10H12ClNO2. The molecule has 0 saturated carbocycles. The summed E-state index contributed by atoms with van der Waals surface area (Å²) in [6.45, 7) is 5.40. The molecule has 14 heavy (non-hydrogen) atoms. The maximum absolute atomic E-state index is 11.5. The lowest BCUT2D eigenvalue weighted by Crippen LogP contribution is -2.24. The number of carbonyl (C=O) groups is 1. The molecule has 76 valence electrons. The van der Waals surface area contributed by atoms with E-state index in [4.69, 9.17) is 16.3 Å². The summed E-state index contributed by atoms with van der Waals surface area (Å²) < 4.78 is 5.14. The molecule has 1 aromatic rings. The highest BCUT2D eigenvalue weighted by Crippen LogP contribution is 2.16. The van der Waals surface area contributed by atoms with E-state index >= 15 is 0 Å². The minimum absolute atomic E-state index is 0.168. The summed E-state index contributed by atoms with van der Waals surface area (Å²) in [5, 5.41) is 0.168. The van der Waals surface area contributed by atoms with Crippen LogP contribution in [0.2, 0.25) is 5.15 Å². The first-order valence-electron chi connectivity index (χ1n) is 4.24. The smallest absolute Gasteiger partial charge is 0.341 e. The molecule has 0 radical (unpaired) electrons. The van der Waals surface area contributed by atoms with Crippen LogP contribution in [0.15, 0.2) is 18.3 Å². The Balaban J connectivity index is 2.86. The van der Waals surface area contributed by atoms with Crippen molar-refractivity contribution in [1.82, 2.24) is 4.98 Å². The second-order valence-corrected chi connectivity index (χ2v) is 4.20. The molecule has 1 aromatic heterocycles. The summed E-state index contributed by atoms with van der Waals surface area (Å²) in [5.41, 5.74) is -0.222. The number of ether oxygens (including phenoxy) is 1. The number of carbonyl (C=O) groups excluding carboxylic acids is 1. The summed E-state index contributed by atoms with van der Waals surface area (Å²) in [4.78, 5) is 15.3. The van der Waals surface area contributed by atoms with Crippen LogP contribution in [0.3, 0.4) is 0 Å². The van der Waals surface area contributed by atoms with E-state index in [0.29, 0.717) is 5.56 Å². The van der Waals surface area contributed by atoms with Gasteiger partial charge in [0.1, 0.15) is 10.8 Å². The average Bonchev–Trinajstić information content (AvgIpc) is 2.01. The van der Waals surface area contributed by atoms with Crippen molar-refractivity contribution < 1.29 is 9.53 Å². The molecule has 0 N–H and O–H groups in total. The summed E-state index contributed by atoms with van der Waals surface area (Å²) >= 11 is 5.74. The van der Waals surface area contributed by atoms with Gasteiger partial charge in [0.15, 0.2) is 0 Å². The van der Waals surface area contributed by atoms with Crippen LogP contribution in [0.1, 0.15) is 31.1 Å². The van der Waals surface area contributed by atoms with Crippen LogP contribution in [0.25, 0.3) is 0 Å². The van der Waals surface area contributed by atoms with E-state index in [1.165, 1.54) is 6.20 Å². The normalized spacial score (nSPS) is 11.1. The van der Waals surface area contributed by atoms with E-state index in [1.54, 1.807) is 32.9 Å². The number of hydrogen-bond donors (Lipinski definition) is 0. The van der Waals surface area contributed by atoms with Gasteiger partial charge in [-0.15, -0.1) is 0 Å². The molecular weight excluding hydrogens is 202 g/mol. The van der Waals surface area contributed by atoms with Crippen LogP contribution in [0.4, 0.5) is 0 Å². The number of aromatic nitrogens is 1. The van der Waals surface area contributed by atoms with E-state index < -0.39 is 11.6 Å². The second kappa shape index (κ2) is 3.96. The molecule has 0 fully saturated rings. The zero-order chi connectivity index (χ0) is 10.8. The fourth-order valence-electron chi connectivity index (χ4n) is 0.871. The fraction of sp³-hybridized carbons (Fsp3) is 0.400. The molecule has 0 amide bonds. The van der Waals surface area contributed by atoms with Gasteiger partial charge in [-0.2, -0.15) is 0 Å². The van der Waals surface area contributed by atoms with Gasteiger partial charge in [-0.3, -0.25) is 0 Å². The quantitative estimate of drug-likeness (QED) is 0.532. The Labute approximate surface area is 88.1 Å². The lowest BCUT2D eigenvalue weighted by atomic mass is 10.2. The number of rotatable bonds is 1. The maximum Gasteiger partial charge on any atom is 0.341 e. The molecule has 1 rings (SSSR count). The van der Waals surface area contributed by atoms with Crippen molar-refractivity contribution >= 4 is 17.6 Å². The van der Waals surface area contributed by atoms with Crippen molar-refractivity contribution in [3.05, 3.63) is 29.0 Å². The number of hydrogen-bond acceptors (Lipinski definition) is 3. The van der Waals surface area contributed by atoms with Crippen molar-refractivity contribution in [2.24, 2.45) is 0 Å². The molecule has 0 bridgehead atoms. The maximum atomic E-state index is 11.5. The van der Waals surface area contributed by atoms with Crippen LogP contribution < -0.4 is 0 Å². The second-order valence-electron chi connectivity index (χ2n) is 3.84. The third-order valence-corrected chi connectivity index (χ3v) is 1.68. The standard InChI is InChI=1S/C10H12ClNO2/c1-10(2,3)14-9(13)7-5-4-6-12-8(7)11/h4-6H,1-3H3. The van der Waals surface area contributed by atoms with Crippen LogP contribution >= 0.6 is 11.6 Å². The van der Waals surface area contributed by atoms with Crippen molar-refractivity contribution in [3.63, 3.8) is 0 Å². The highest BCUT2D eigenvalue weighted by Gasteiger charge is 2.19. The first kappa shape index (κ1) is 11.0. The third kappa shape index (κ3) is 3.00. The molecule has 0 spiro atoms. The van der Waals surface area contributed by atoms with Crippen LogP contribution in [-0.4, -0.2) is 16.6 Å². The molecule has 0 saturated heterocycles. The molecule has 0 aliphatic heterocycles. The van der Waals surface area contributed by atoms with Crippen LogP contribution in [0, 0.1) is 0 Å². The Morgan fingerprint density at radius 2 is 2.14 bits per heavy atom. The monoisotopic (exact) mass is 213 g/mol. The lowest BCUT2D eigenvalue weighted by molar-refractivity contribution is 0.00693. The molecule has 0 unspecified atom stereocenters. The number of halogens is 1. The van der Waals surface area contributed by atoms with E-state index in [9.17, 15) is 4.79 Å². The third-order valence-electron chi connectivity index (χ3n) is 1.38. The molecule has 1 heterocycles. The first-order chi connectivity index (χ1) is 6.40. The Bertz CT molecular complexity index is 344. The zero-order valence-electron chi connectivity index (χ0n) is 8.37. The number of nitrogens with zero attached hydrogens (tertiary/aromatic N) is 1. The van der Waals surface area contributed by atoms with Gasteiger partial charge in [0, 0.05) is 6.20 Å². The summed E-state index contributed by atoms with van der Waals surface area (Å²) in [7, 11) is 0. The van der Waals surface area contributed by atoms with Gasteiger partial charge in [-0.1, -0.05) is 11.6 Å². The van der Waals surface area contributed by atoms with Crippen LogP contribution in [0.5, 0.6) is 0 Å². The fourth-order valence-corrected chi connectivity index (χ4v) is 1.07. The summed E-state index contributed by atoms with van der Waals surface area (Å²) in [6.07, 6.45) is 1.52. The van der Waals surface area contributed by atoms with Gasteiger partial charge in [0.05, 0.1) is 5.56 Å². The van der Waals surface area contributed by atoms with Gasteiger partial charge < -0.3 is 4.74 Å². The van der Waals surface area contributed by atoms with Gasteiger partial charge in [0.2, 0.25) is 0 Å². The topological polar surface area (TPSA) is 39.2 Å². The van der Waals surface area contributed by atoms with Gasteiger partial charge in [-0.25, -0.2) is 9.78 Å². The minimum Gasteiger partial charge on any atom is -0.456 e. The molecule has 0 aliphatic carbocycles. The molecule has 4 heteroatoms. The van der Waals surface area contributed by atoms with E-state index in [-0.39, 0.29) is 5.15 Å². The molecule has 0 aliphatic rings. The number of pyridine rings is 1. The predicted octanol–water partition coefficient (Wildman–Crippen LogP) is 2.69. The highest BCUT2D eigenvalue weighted by atomic mass is 35.5. The molecule has 0 aromatic carbocycles. The van der Waals surface area contributed by atoms with Gasteiger partial charge >= 0.3 is 5.97 Å². The SMILES string of the molecule is CC(C)(C)OC(=O)c1cccnc1Cl. The van der Waals surface area contributed by atoms with Crippen LogP contribution in [-0.2, 0) is 4.74 Å². The van der Waals surface area contributed by atoms with Gasteiger partial charge in [-0.05, 0) is 32.9 Å². The van der Waals surface area contributed by atoms with Gasteiger partial charge in [0.25, 0.3) is 0 Å². The Kier molecular flexibility index (Phi) is 3.11. The summed E-state index contributed by atoms with van der Waals surface area (Å²) in [6, 6.07) is 3.23. The molecule has 3 nitrogen and oxygen atoms in total. The lowest BCUT2D eigenvalue weighted by Gasteiger charge is -2.19. The van der Waals surface area contributed by atoms with E-state index in [0.717, 1.165) is 0 Å². The largest absolute Gasteiger partial charge is 0.456 e.